The molecule has 0 saturated carbocycles. The third-order valence-electron chi connectivity index (χ3n) is 2.38. The van der Waals surface area contributed by atoms with Gasteiger partial charge in [0.15, 0.2) is 0 Å². The monoisotopic (exact) mass is 269 g/mol. The zero-order valence-electron chi connectivity index (χ0n) is 9.24. The first-order valence-electron chi connectivity index (χ1n) is 5.16. The third kappa shape index (κ3) is 2.83. The quantitative estimate of drug-likeness (QED) is 0.639. The van der Waals surface area contributed by atoms with Crippen molar-refractivity contribution in [1.82, 2.24) is 10.9 Å². The average Bonchev–Trinajstić information content (AvgIpc) is 2.31. The molecule has 1 atom stereocenters. The van der Waals surface area contributed by atoms with Gasteiger partial charge in [-0.3, -0.25) is 4.99 Å². The molecule has 0 spiro atoms. The van der Waals surface area contributed by atoms with Crippen LogP contribution in [-0.2, 0) is 0 Å². The number of benzene rings is 1. The van der Waals surface area contributed by atoms with Crippen molar-refractivity contribution >= 4 is 40.2 Å². The Morgan fingerprint density at radius 3 is 3.18 bits per heavy atom. The standard InChI is InChI=1S/C11H12FN3S2/c1-13-15-11(16)17-9-5-6-14-10-7(9)3-2-4-8(10)12/h2-4,6,9,13H,5H2,1H3,(H,15,16). The van der Waals surface area contributed by atoms with Crippen LogP contribution in [0.5, 0.6) is 0 Å². The van der Waals surface area contributed by atoms with Gasteiger partial charge in [0.2, 0.25) is 0 Å². The van der Waals surface area contributed by atoms with Crippen LogP contribution in [-0.4, -0.2) is 17.6 Å². The van der Waals surface area contributed by atoms with E-state index in [0.717, 1.165) is 12.0 Å². The lowest BCUT2D eigenvalue weighted by Gasteiger charge is -2.21. The predicted molar refractivity (Wildman–Crippen MR) is 74.3 cm³/mol. The average molecular weight is 269 g/mol. The van der Waals surface area contributed by atoms with Gasteiger partial charge in [-0.05, 0) is 18.1 Å². The van der Waals surface area contributed by atoms with Crippen LogP contribution in [0.2, 0.25) is 0 Å². The van der Waals surface area contributed by atoms with Gasteiger partial charge >= 0.3 is 0 Å². The van der Waals surface area contributed by atoms with Crippen molar-refractivity contribution in [2.24, 2.45) is 4.99 Å². The van der Waals surface area contributed by atoms with Crippen molar-refractivity contribution < 1.29 is 4.39 Å². The first kappa shape index (κ1) is 12.5. The number of hydrazine groups is 1. The molecule has 0 aromatic heterocycles. The molecule has 2 N–H and O–H groups in total. The lowest BCUT2D eigenvalue weighted by molar-refractivity contribution is 0.626. The molecule has 1 aromatic carbocycles. The van der Waals surface area contributed by atoms with Crippen molar-refractivity contribution in [2.75, 3.05) is 7.05 Å². The Balaban J connectivity index is 2.20. The Labute approximate surface area is 109 Å². The van der Waals surface area contributed by atoms with Crippen molar-refractivity contribution in [3.63, 3.8) is 0 Å². The van der Waals surface area contributed by atoms with E-state index >= 15 is 0 Å². The van der Waals surface area contributed by atoms with Gasteiger partial charge < -0.3 is 5.43 Å². The number of nitrogens with zero attached hydrogens (tertiary/aromatic N) is 1. The molecule has 17 heavy (non-hydrogen) atoms. The van der Waals surface area contributed by atoms with E-state index in [-0.39, 0.29) is 11.1 Å². The summed E-state index contributed by atoms with van der Waals surface area (Å²) in [6.07, 6.45) is 2.50. The van der Waals surface area contributed by atoms with Crippen LogP contribution in [0.1, 0.15) is 17.2 Å². The van der Waals surface area contributed by atoms with Gasteiger partial charge in [0.1, 0.15) is 15.8 Å². The molecule has 1 aliphatic heterocycles. The van der Waals surface area contributed by atoms with Gasteiger partial charge in [-0.15, -0.1) is 0 Å². The van der Waals surface area contributed by atoms with E-state index < -0.39 is 0 Å². The summed E-state index contributed by atoms with van der Waals surface area (Å²) in [6, 6.07) is 5.03. The first-order valence-corrected chi connectivity index (χ1v) is 6.45. The van der Waals surface area contributed by atoms with Crippen LogP contribution >= 0.6 is 24.0 Å². The molecule has 0 aliphatic carbocycles. The minimum Gasteiger partial charge on any atom is -0.307 e. The summed E-state index contributed by atoms with van der Waals surface area (Å²) in [4.78, 5) is 4.10. The molecule has 1 aromatic rings. The van der Waals surface area contributed by atoms with Crippen LogP contribution in [0.25, 0.3) is 0 Å². The number of thioether (sulfide) groups is 1. The van der Waals surface area contributed by atoms with Crippen LogP contribution in [0.4, 0.5) is 10.1 Å². The van der Waals surface area contributed by atoms with E-state index in [2.05, 4.69) is 15.8 Å². The Morgan fingerprint density at radius 1 is 1.59 bits per heavy atom. The van der Waals surface area contributed by atoms with Gasteiger partial charge in [-0.2, -0.15) is 0 Å². The first-order chi connectivity index (χ1) is 8.22. The molecule has 2 rings (SSSR count). The molecular weight excluding hydrogens is 257 g/mol. The highest BCUT2D eigenvalue weighted by Crippen LogP contribution is 2.41. The number of rotatable bonds is 2. The molecule has 0 fully saturated rings. The Bertz CT molecular complexity index is 462. The highest BCUT2D eigenvalue weighted by molar-refractivity contribution is 8.23. The van der Waals surface area contributed by atoms with E-state index in [1.807, 2.05) is 6.07 Å². The van der Waals surface area contributed by atoms with Gasteiger partial charge in [-0.25, -0.2) is 9.82 Å². The van der Waals surface area contributed by atoms with E-state index in [1.165, 1.54) is 17.8 Å². The maximum Gasteiger partial charge on any atom is 0.149 e. The fraction of sp³-hybridized carbons (Fsp3) is 0.273. The minimum absolute atomic E-state index is 0.117. The summed E-state index contributed by atoms with van der Waals surface area (Å²) in [6.45, 7) is 0. The Kier molecular flexibility index (Phi) is 4.09. The topological polar surface area (TPSA) is 36.4 Å². The number of hydrogen-bond acceptors (Lipinski definition) is 4. The van der Waals surface area contributed by atoms with Crippen LogP contribution in [0, 0.1) is 5.82 Å². The maximum atomic E-state index is 13.5. The molecule has 0 amide bonds. The number of hydrogen-bond donors (Lipinski definition) is 2. The SMILES string of the molecule is CNNC(=S)SC1CC=Nc2c(F)cccc21. The molecule has 6 heteroatoms. The zero-order chi connectivity index (χ0) is 12.3. The summed E-state index contributed by atoms with van der Waals surface area (Å²) >= 11 is 6.64. The summed E-state index contributed by atoms with van der Waals surface area (Å²) in [5, 5.41) is 0.117. The van der Waals surface area contributed by atoms with E-state index in [4.69, 9.17) is 12.2 Å². The zero-order valence-corrected chi connectivity index (χ0v) is 10.9. The molecule has 1 aliphatic rings. The smallest absolute Gasteiger partial charge is 0.149 e. The highest BCUT2D eigenvalue weighted by atomic mass is 32.2. The fourth-order valence-electron chi connectivity index (χ4n) is 1.67. The number of halogens is 1. The lowest BCUT2D eigenvalue weighted by Crippen LogP contribution is -2.31. The van der Waals surface area contributed by atoms with Gasteiger partial charge in [0.25, 0.3) is 0 Å². The van der Waals surface area contributed by atoms with Crippen molar-refractivity contribution in [3.05, 3.63) is 29.6 Å². The highest BCUT2D eigenvalue weighted by Gasteiger charge is 2.22. The lowest BCUT2D eigenvalue weighted by atomic mass is 10.0. The second-order valence-electron chi connectivity index (χ2n) is 3.49. The number of nitrogens with one attached hydrogen (secondary N) is 2. The molecule has 0 bridgehead atoms. The summed E-state index contributed by atoms with van der Waals surface area (Å²) in [5.41, 5.74) is 6.95. The largest absolute Gasteiger partial charge is 0.307 e. The molecule has 3 nitrogen and oxygen atoms in total. The molecule has 0 radical (unpaired) electrons. The van der Waals surface area contributed by atoms with Crippen molar-refractivity contribution in [1.29, 1.82) is 0 Å². The number of aliphatic imine (C=N–C) groups is 1. The van der Waals surface area contributed by atoms with Crippen molar-refractivity contribution in [3.8, 4) is 0 Å². The second kappa shape index (κ2) is 5.57. The van der Waals surface area contributed by atoms with Crippen LogP contribution in [0.15, 0.2) is 23.2 Å². The molecule has 90 valence electrons. The van der Waals surface area contributed by atoms with E-state index in [0.29, 0.717) is 10.0 Å². The summed E-state index contributed by atoms with van der Waals surface area (Å²) in [7, 11) is 1.75. The molecular formula is C11H12FN3S2. The van der Waals surface area contributed by atoms with Gasteiger partial charge in [-0.1, -0.05) is 36.1 Å². The molecule has 1 unspecified atom stereocenters. The number of fused-ring (bicyclic) bond motifs is 1. The van der Waals surface area contributed by atoms with Crippen LogP contribution < -0.4 is 10.9 Å². The minimum atomic E-state index is -0.281. The molecule has 1 heterocycles. The normalized spacial score (nSPS) is 17.6. The third-order valence-corrected chi connectivity index (χ3v) is 3.82. The molecule has 0 saturated heterocycles. The number of thiocarbonyl (C=S) groups is 1. The number of para-hydroxylation sites is 1. The Hall–Kier alpha value is -0.980. The van der Waals surface area contributed by atoms with Crippen molar-refractivity contribution in [2.45, 2.75) is 11.7 Å². The van der Waals surface area contributed by atoms with Gasteiger partial charge in [0.05, 0.1) is 0 Å². The van der Waals surface area contributed by atoms with Crippen LogP contribution in [0.3, 0.4) is 0 Å². The predicted octanol–water partition coefficient (Wildman–Crippen LogP) is 2.71. The fourth-order valence-corrected chi connectivity index (χ4v) is 3.04. The maximum absolute atomic E-state index is 13.5. The van der Waals surface area contributed by atoms with E-state index in [9.17, 15) is 4.39 Å². The summed E-state index contributed by atoms with van der Waals surface area (Å²) < 4.78 is 14.2. The van der Waals surface area contributed by atoms with Gasteiger partial charge in [0, 0.05) is 18.5 Å². The van der Waals surface area contributed by atoms with E-state index in [1.54, 1.807) is 19.3 Å². The summed E-state index contributed by atoms with van der Waals surface area (Å²) in [5.74, 6) is -0.281. The Morgan fingerprint density at radius 2 is 2.41 bits per heavy atom. The second-order valence-corrected chi connectivity index (χ2v) is 5.37.